The molecule has 2 aromatic carbocycles. The molecule has 2 aromatic rings. The van der Waals surface area contributed by atoms with E-state index in [-0.39, 0.29) is 9.19 Å². The molecule has 0 aliphatic rings. The van der Waals surface area contributed by atoms with Gasteiger partial charge in [0.05, 0.1) is 9.19 Å². The van der Waals surface area contributed by atoms with E-state index in [4.69, 9.17) is 0 Å². The average Bonchev–Trinajstić information content (AvgIpc) is 2.49. The monoisotopic (exact) mass is 346 g/mol. The maximum Gasteiger partial charge on any atom is 0.0531 e. The van der Waals surface area contributed by atoms with Gasteiger partial charge in [0.25, 0.3) is 0 Å². The first kappa shape index (κ1) is 16.9. The summed E-state index contributed by atoms with van der Waals surface area (Å²) < 4.78 is 0. The van der Waals surface area contributed by atoms with Crippen LogP contribution < -0.4 is 0 Å². The van der Waals surface area contributed by atoms with Crippen LogP contribution in [-0.2, 0) is 0 Å². The Labute approximate surface area is 136 Å². The van der Waals surface area contributed by atoms with Crippen molar-refractivity contribution < 1.29 is 0 Å². The molecule has 0 atom stereocenters. The predicted octanol–water partition coefficient (Wildman–Crippen LogP) is 4.31. The van der Waals surface area contributed by atoms with Crippen LogP contribution in [0.15, 0.2) is 60.7 Å². The molecule has 0 heterocycles. The van der Waals surface area contributed by atoms with E-state index < -0.39 is 16.9 Å². The van der Waals surface area contributed by atoms with Crippen molar-refractivity contribution in [3.8, 4) is 0 Å². The molecule has 0 saturated heterocycles. The van der Waals surface area contributed by atoms with E-state index in [0.29, 0.717) is 6.57 Å². The first-order valence-electron chi connectivity index (χ1n) is 7.95. The van der Waals surface area contributed by atoms with Gasteiger partial charge in [-0.1, -0.05) is 86.9 Å². The highest BCUT2D eigenvalue weighted by Crippen LogP contribution is 2.45. The van der Waals surface area contributed by atoms with Gasteiger partial charge in [-0.3, -0.25) is 0 Å². The predicted molar refractivity (Wildman–Crippen MR) is 108 cm³/mol. The highest BCUT2D eigenvalue weighted by molar-refractivity contribution is 8.28. The Bertz CT molecular complexity index is 481. The van der Waals surface area contributed by atoms with E-state index in [0.717, 1.165) is 5.54 Å². The standard InChI is InChI=1S/C17H27PSi3/c1-20(2)18(21(3)4)19-17(15-11-7-5-8-12-15)16-13-9-6-10-14-16/h5-14,17,20-21H,19H2,1-4H3. The van der Waals surface area contributed by atoms with Gasteiger partial charge in [0.15, 0.2) is 0 Å². The van der Waals surface area contributed by atoms with Crippen molar-refractivity contribution in [3.05, 3.63) is 71.8 Å². The van der Waals surface area contributed by atoms with Crippen LogP contribution in [0.1, 0.15) is 16.7 Å². The van der Waals surface area contributed by atoms with Crippen LogP contribution in [0.2, 0.25) is 26.2 Å². The summed E-state index contributed by atoms with van der Waals surface area (Å²) in [6.45, 7) is 10.8. The minimum atomic E-state index is -0.458. The molecule has 0 N–H and O–H groups in total. The van der Waals surface area contributed by atoms with Crippen LogP contribution in [0.3, 0.4) is 0 Å². The van der Waals surface area contributed by atoms with E-state index in [1.807, 2.05) is 0 Å². The van der Waals surface area contributed by atoms with Crippen molar-refractivity contribution in [2.75, 3.05) is 0 Å². The minimum Gasteiger partial charge on any atom is -0.151 e. The molecular formula is C17H27PSi3. The zero-order valence-corrected chi connectivity index (χ0v) is 18.3. The van der Waals surface area contributed by atoms with Crippen LogP contribution in [0.5, 0.6) is 0 Å². The number of hydrogen-bond acceptors (Lipinski definition) is 0. The van der Waals surface area contributed by atoms with E-state index in [2.05, 4.69) is 86.9 Å². The first-order valence-corrected chi connectivity index (χ1v) is 20.0. The fourth-order valence-electron chi connectivity index (χ4n) is 3.00. The summed E-state index contributed by atoms with van der Waals surface area (Å²) in [4.78, 5) is 0. The second-order valence-corrected chi connectivity index (χ2v) is 32.5. The summed E-state index contributed by atoms with van der Waals surface area (Å²) in [7, 11) is -0.981. The lowest BCUT2D eigenvalue weighted by atomic mass is 10.0. The average molecular weight is 347 g/mol. The smallest absolute Gasteiger partial charge is 0.0531 e. The second-order valence-electron chi connectivity index (χ2n) is 6.26. The molecule has 0 spiro atoms. The van der Waals surface area contributed by atoms with Crippen molar-refractivity contribution in [2.45, 2.75) is 31.7 Å². The Hall–Kier alpha value is -0.479. The normalized spacial score (nSPS) is 12.4. The SMILES string of the molecule is C[SiH](C)P([SiH2]C(c1ccccc1)c1ccccc1)[SiH](C)C. The van der Waals surface area contributed by atoms with Gasteiger partial charge < -0.3 is 0 Å². The Morgan fingerprint density at radius 2 is 1.10 bits per heavy atom. The van der Waals surface area contributed by atoms with Crippen LogP contribution in [0, 0.1) is 0 Å². The Morgan fingerprint density at radius 1 is 0.714 bits per heavy atom. The van der Waals surface area contributed by atoms with Crippen LogP contribution in [0.25, 0.3) is 0 Å². The molecule has 21 heavy (non-hydrogen) atoms. The lowest BCUT2D eigenvalue weighted by Crippen LogP contribution is -2.20. The topological polar surface area (TPSA) is 0 Å². The van der Waals surface area contributed by atoms with Gasteiger partial charge in [0.2, 0.25) is 0 Å². The maximum atomic E-state index is 2.60. The van der Waals surface area contributed by atoms with Gasteiger partial charge in [0.1, 0.15) is 0 Å². The molecule has 0 aliphatic heterocycles. The molecule has 4 heteroatoms. The Morgan fingerprint density at radius 3 is 1.43 bits per heavy atom. The van der Waals surface area contributed by atoms with Gasteiger partial charge in [-0.2, -0.15) is 6.57 Å². The van der Waals surface area contributed by atoms with Crippen LogP contribution >= 0.6 is 6.57 Å². The molecule has 0 aromatic heterocycles. The second kappa shape index (κ2) is 8.23. The Balaban J connectivity index is 2.33. The zero-order chi connectivity index (χ0) is 15.2. The molecule has 112 valence electrons. The quantitative estimate of drug-likeness (QED) is 0.540. The molecule has 0 saturated carbocycles. The van der Waals surface area contributed by atoms with Crippen LogP contribution in [-0.4, -0.2) is 26.1 Å². The number of rotatable bonds is 6. The summed E-state index contributed by atoms with van der Waals surface area (Å²) in [5, 5.41) is 0. The summed E-state index contributed by atoms with van der Waals surface area (Å²) in [6.07, 6.45) is 0. The third kappa shape index (κ3) is 4.75. The van der Waals surface area contributed by atoms with Gasteiger partial charge in [-0.05, 0) is 11.1 Å². The van der Waals surface area contributed by atoms with Gasteiger partial charge in [-0.15, -0.1) is 0 Å². The number of benzene rings is 2. The molecule has 2 rings (SSSR count). The van der Waals surface area contributed by atoms with E-state index in [1.54, 1.807) is 11.1 Å². The van der Waals surface area contributed by atoms with Crippen LogP contribution in [0.4, 0.5) is 0 Å². The fourth-order valence-corrected chi connectivity index (χ4v) is 37.2. The Kier molecular flexibility index (Phi) is 6.62. The molecule has 0 amide bonds. The molecule has 0 aliphatic carbocycles. The summed E-state index contributed by atoms with van der Waals surface area (Å²) in [6, 6.07) is 22.5. The highest BCUT2D eigenvalue weighted by Gasteiger charge is 2.25. The first-order chi connectivity index (χ1) is 10.1. The minimum absolute atomic E-state index is 0.0640. The van der Waals surface area contributed by atoms with E-state index >= 15 is 0 Å². The lowest BCUT2D eigenvalue weighted by molar-refractivity contribution is 1.13. The van der Waals surface area contributed by atoms with Crippen molar-refractivity contribution in [1.82, 2.24) is 0 Å². The van der Waals surface area contributed by atoms with Crippen molar-refractivity contribution >= 4 is 32.7 Å². The zero-order valence-electron chi connectivity index (χ0n) is 13.7. The van der Waals surface area contributed by atoms with E-state index in [9.17, 15) is 0 Å². The third-order valence-corrected chi connectivity index (χ3v) is 46.5. The summed E-state index contributed by atoms with van der Waals surface area (Å²) in [5.74, 6) is 0. The number of hydrogen-bond donors (Lipinski definition) is 0. The summed E-state index contributed by atoms with van der Waals surface area (Å²) in [5.41, 5.74) is 3.86. The largest absolute Gasteiger partial charge is 0.151 e. The molecule has 0 bridgehead atoms. The van der Waals surface area contributed by atoms with Gasteiger partial charge in [0, 0.05) is 22.5 Å². The van der Waals surface area contributed by atoms with E-state index in [1.165, 1.54) is 0 Å². The molecule has 0 unspecified atom stereocenters. The van der Waals surface area contributed by atoms with Gasteiger partial charge in [-0.25, -0.2) is 0 Å². The fraction of sp³-hybridized carbons (Fsp3) is 0.294. The van der Waals surface area contributed by atoms with Crippen molar-refractivity contribution in [1.29, 1.82) is 0 Å². The molecule has 0 nitrogen and oxygen atoms in total. The highest BCUT2D eigenvalue weighted by atomic mass is 31.8. The van der Waals surface area contributed by atoms with Gasteiger partial charge >= 0.3 is 0 Å². The lowest BCUT2D eigenvalue weighted by Gasteiger charge is -2.29. The summed E-state index contributed by atoms with van der Waals surface area (Å²) >= 11 is 0. The molecular weight excluding hydrogens is 319 g/mol. The maximum absolute atomic E-state index is 2.60. The third-order valence-electron chi connectivity index (χ3n) is 4.12. The van der Waals surface area contributed by atoms with Crippen molar-refractivity contribution in [2.24, 2.45) is 0 Å². The van der Waals surface area contributed by atoms with Crippen molar-refractivity contribution in [3.63, 3.8) is 0 Å². The molecule has 0 fully saturated rings. The molecule has 0 radical (unpaired) electrons.